The van der Waals surface area contributed by atoms with Gasteiger partial charge in [-0.15, -0.1) is 0 Å². The van der Waals surface area contributed by atoms with Crippen LogP contribution in [0.4, 0.5) is 4.39 Å². The number of carbonyl (C=O) groups is 1. The molecule has 0 spiro atoms. The maximum atomic E-state index is 14.5. The van der Waals surface area contributed by atoms with Crippen molar-refractivity contribution in [3.8, 4) is 22.9 Å². The van der Waals surface area contributed by atoms with Crippen molar-refractivity contribution < 1.29 is 23.4 Å². The van der Waals surface area contributed by atoms with Crippen molar-refractivity contribution in [1.29, 1.82) is 0 Å². The lowest BCUT2D eigenvalue weighted by Crippen LogP contribution is -2.22. The second-order valence-corrected chi connectivity index (χ2v) is 6.61. The van der Waals surface area contributed by atoms with Crippen LogP contribution in [0.25, 0.3) is 5.69 Å². The van der Waals surface area contributed by atoms with Gasteiger partial charge in [0.2, 0.25) is 0 Å². The van der Waals surface area contributed by atoms with Crippen LogP contribution in [-0.4, -0.2) is 33.5 Å². The first kappa shape index (κ1) is 21.4. The number of aryl methyl sites for hydroxylation is 1. The van der Waals surface area contributed by atoms with Crippen molar-refractivity contribution in [1.82, 2.24) is 14.3 Å². The molecule has 158 valence electrons. The minimum Gasteiger partial charge on any atom is -0.482 e. The quantitative estimate of drug-likeness (QED) is 0.529. The Morgan fingerprint density at radius 1 is 1.23 bits per heavy atom. The number of esters is 1. The molecule has 8 nitrogen and oxygen atoms in total. The van der Waals surface area contributed by atoms with E-state index in [9.17, 15) is 14.0 Å². The third-order valence-electron chi connectivity index (χ3n) is 4.12. The van der Waals surface area contributed by atoms with E-state index in [0.29, 0.717) is 17.3 Å². The molecule has 0 saturated carbocycles. The summed E-state index contributed by atoms with van der Waals surface area (Å²) in [6.07, 6.45) is 0. The van der Waals surface area contributed by atoms with E-state index in [1.165, 1.54) is 23.7 Å². The van der Waals surface area contributed by atoms with Gasteiger partial charge in [-0.05, 0) is 32.0 Å². The second kappa shape index (κ2) is 9.00. The maximum absolute atomic E-state index is 14.5. The van der Waals surface area contributed by atoms with E-state index in [-0.39, 0.29) is 29.7 Å². The smallest absolute Gasteiger partial charge is 0.350 e. The zero-order valence-corrected chi connectivity index (χ0v) is 17.3. The summed E-state index contributed by atoms with van der Waals surface area (Å²) in [5, 5.41) is 4.06. The van der Waals surface area contributed by atoms with Gasteiger partial charge < -0.3 is 14.2 Å². The van der Waals surface area contributed by atoms with Crippen LogP contribution in [-0.2, 0) is 16.6 Å². The normalized spacial score (nSPS) is 10.7. The zero-order chi connectivity index (χ0) is 21.8. The second-order valence-electron chi connectivity index (χ2n) is 6.21. The third kappa shape index (κ3) is 4.62. The van der Waals surface area contributed by atoms with Gasteiger partial charge >= 0.3 is 11.7 Å². The molecular weight excluding hydrogens is 417 g/mol. The predicted octanol–water partition coefficient (Wildman–Crippen LogP) is 3.41. The van der Waals surface area contributed by atoms with Gasteiger partial charge in [0.1, 0.15) is 28.8 Å². The van der Waals surface area contributed by atoms with Crippen LogP contribution in [0.2, 0.25) is 5.02 Å². The molecular formula is C20H19ClFN3O5. The molecule has 0 atom stereocenters. The number of halogens is 2. The molecule has 1 aromatic heterocycles. The molecule has 0 fully saturated rings. The first-order chi connectivity index (χ1) is 14.3. The molecule has 2 aromatic carbocycles. The lowest BCUT2D eigenvalue weighted by Gasteiger charge is -2.12. The number of benzene rings is 2. The summed E-state index contributed by atoms with van der Waals surface area (Å²) < 4.78 is 32.6. The van der Waals surface area contributed by atoms with Crippen LogP contribution in [0.5, 0.6) is 17.2 Å². The highest BCUT2D eigenvalue weighted by Gasteiger charge is 2.17. The highest BCUT2D eigenvalue weighted by atomic mass is 35.5. The fourth-order valence-corrected chi connectivity index (χ4v) is 2.74. The number of ether oxygens (including phenoxy) is 3. The van der Waals surface area contributed by atoms with Crippen molar-refractivity contribution in [3.63, 3.8) is 0 Å². The Bertz CT molecular complexity index is 1140. The van der Waals surface area contributed by atoms with Gasteiger partial charge in [0, 0.05) is 19.2 Å². The van der Waals surface area contributed by atoms with Crippen LogP contribution in [0, 0.1) is 12.7 Å². The Kier molecular flexibility index (Phi) is 6.41. The number of nitrogens with zero attached hydrogens (tertiary/aromatic N) is 3. The molecule has 0 bridgehead atoms. The highest BCUT2D eigenvalue weighted by Crippen LogP contribution is 2.34. The van der Waals surface area contributed by atoms with Crippen LogP contribution < -0.4 is 15.2 Å². The maximum Gasteiger partial charge on any atom is 0.350 e. The predicted molar refractivity (Wildman–Crippen MR) is 107 cm³/mol. The third-order valence-corrected chi connectivity index (χ3v) is 4.42. The van der Waals surface area contributed by atoms with E-state index >= 15 is 0 Å². The Hall–Kier alpha value is -3.33. The van der Waals surface area contributed by atoms with Crippen molar-refractivity contribution in [2.24, 2.45) is 7.05 Å². The molecule has 0 aliphatic carbocycles. The molecule has 3 rings (SSSR count). The summed E-state index contributed by atoms with van der Waals surface area (Å²) in [6, 6.07) is 8.80. The van der Waals surface area contributed by atoms with E-state index in [1.54, 1.807) is 32.0 Å². The summed E-state index contributed by atoms with van der Waals surface area (Å²) in [5.41, 5.74) is -0.605. The summed E-state index contributed by atoms with van der Waals surface area (Å²) in [7, 11) is 1.54. The van der Waals surface area contributed by atoms with Crippen molar-refractivity contribution >= 4 is 17.6 Å². The van der Waals surface area contributed by atoms with Crippen molar-refractivity contribution in [3.05, 3.63) is 63.5 Å². The molecule has 0 aliphatic heterocycles. The molecule has 0 radical (unpaired) electrons. The average Bonchev–Trinajstić information content (AvgIpc) is 2.96. The van der Waals surface area contributed by atoms with Gasteiger partial charge in [-0.2, -0.15) is 9.78 Å². The van der Waals surface area contributed by atoms with Gasteiger partial charge in [-0.3, -0.25) is 4.57 Å². The molecule has 3 aromatic rings. The average molecular weight is 436 g/mol. The Balaban J connectivity index is 1.87. The molecule has 10 heteroatoms. The minimum atomic E-state index is -0.723. The number of hydrogen-bond donors (Lipinski definition) is 0. The molecule has 30 heavy (non-hydrogen) atoms. The highest BCUT2D eigenvalue weighted by molar-refractivity contribution is 6.32. The molecule has 0 N–H and O–H groups in total. The number of carbonyl (C=O) groups excluding carboxylic acids is 1. The van der Waals surface area contributed by atoms with Gasteiger partial charge in [-0.1, -0.05) is 17.7 Å². The number of rotatable bonds is 7. The molecule has 1 heterocycles. The van der Waals surface area contributed by atoms with E-state index in [0.717, 1.165) is 10.7 Å². The number of hydrogen-bond acceptors (Lipinski definition) is 6. The van der Waals surface area contributed by atoms with E-state index < -0.39 is 17.5 Å². The van der Waals surface area contributed by atoms with E-state index in [4.69, 9.17) is 25.8 Å². The molecule has 0 amide bonds. The topological polar surface area (TPSA) is 84.6 Å². The van der Waals surface area contributed by atoms with E-state index in [1.807, 2.05) is 0 Å². The van der Waals surface area contributed by atoms with Crippen molar-refractivity contribution in [2.45, 2.75) is 13.8 Å². The number of aromatic nitrogens is 3. The summed E-state index contributed by atoms with van der Waals surface area (Å²) >= 11 is 6.12. The fraction of sp³-hybridized carbons (Fsp3) is 0.250. The lowest BCUT2D eigenvalue weighted by atomic mass is 10.2. The summed E-state index contributed by atoms with van der Waals surface area (Å²) in [5.74, 6) is 0.0234. The SMILES string of the molecule is CCOC(=O)COc1cccc(Oc2cc(-n3nc(C)n(C)c3=O)c(F)cc2Cl)c1. The monoisotopic (exact) mass is 435 g/mol. The molecule has 0 unspecified atom stereocenters. The summed E-state index contributed by atoms with van der Waals surface area (Å²) in [4.78, 5) is 23.7. The van der Waals surface area contributed by atoms with Crippen LogP contribution in [0.1, 0.15) is 12.7 Å². The van der Waals surface area contributed by atoms with Gasteiger partial charge in [0.25, 0.3) is 0 Å². The first-order valence-corrected chi connectivity index (χ1v) is 9.36. The standard InChI is InChI=1S/C20H19ClFN3O5/c1-4-28-19(26)11-29-13-6-5-7-14(8-13)30-18-10-17(16(22)9-15(18)21)25-20(27)24(3)12(2)23-25/h5-10H,4,11H2,1-3H3. The lowest BCUT2D eigenvalue weighted by molar-refractivity contribution is -0.145. The Labute approximate surface area is 176 Å². The van der Waals surface area contributed by atoms with Crippen LogP contribution >= 0.6 is 11.6 Å². The van der Waals surface area contributed by atoms with Gasteiger partial charge in [0.15, 0.2) is 12.4 Å². The molecule has 0 saturated heterocycles. The van der Waals surface area contributed by atoms with Gasteiger partial charge in [-0.25, -0.2) is 14.0 Å². The first-order valence-electron chi connectivity index (χ1n) is 8.98. The molecule has 0 aliphatic rings. The zero-order valence-electron chi connectivity index (χ0n) is 16.5. The Morgan fingerprint density at radius 3 is 2.63 bits per heavy atom. The largest absolute Gasteiger partial charge is 0.482 e. The minimum absolute atomic E-state index is 0.00907. The van der Waals surface area contributed by atoms with Crippen LogP contribution in [0.3, 0.4) is 0 Å². The Morgan fingerprint density at radius 2 is 1.97 bits per heavy atom. The van der Waals surface area contributed by atoms with Gasteiger partial charge in [0.05, 0.1) is 11.6 Å². The van der Waals surface area contributed by atoms with E-state index in [2.05, 4.69) is 5.10 Å². The van der Waals surface area contributed by atoms with Crippen molar-refractivity contribution in [2.75, 3.05) is 13.2 Å². The summed E-state index contributed by atoms with van der Waals surface area (Å²) in [6.45, 7) is 3.34. The van der Waals surface area contributed by atoms with Crippen LogP contribution in [0.15, 0.2) is 41.2 Å². The fourth-order valence-electron chi connectivity index (χ4n) is 2.55.